The molecule has 202 valence electrons. The molecular formula is C34H29ClO5. The molecule has 0 bridgehead atoms. The van der Waals surface area contributed by atoms with E-state index in [0.717, 1.165) is 16.7 Å². The van der Waals surface area contributed by atoms with Crippen LogP contribution in [0.5, 0.6) is 34.5 Å². The molecule has 40 heavy (non-hydrogen) atoms. The predicted molar refractivity (Wildman–Crippen MR) is 158 cm³/mol. The summed E-state index contributed by atoms with van der Waals surface area (Å²) in [6.45, 7) is 6.13. The van der Waals surface area contributed by atoms with Gasteiger partial charge in [-0.1, -0.05) is 84.2 Å². The van der Waals surface area contributed by atoms with Crippen LogP contribution in [0.15, 0.2) is 97.1 Å². The summed E-state index contributed by atoms with van der Waals surface area (Å²) < 4.78 is 25.3. The van der Waals surface area contributed by atoms with Crippen molar-refractivity contribution >= 4 is 28.3 Å². The molecule has 0 N–H and O–H groups in total. The molecule has 0 heterocycles. The van der Waals surface area contributed by atoms with E-state index < -0.39 is 5.97 Å². The molecule has 0 saturated heterocycles. The Labute approximate surface area is 238 Å². The third kappa shape index (κ3) is 6.22. The minimum atomic E-state index is -0.422. The van der Waals surface area contributed by atoms with Crippen molar-refractivity contribution in [3.05, 3.63) is 119 Å². The highest BCUT2D eigenvalue weighted by molar-refractivity contribution is 6.31. The van der Waals surface area contributed by atoms with Gasteiger partial charge in [0.15, 0.2) is 11.5 Å². The molecule has 5 nitrogen and oxygen atoms in total. The van der Waals surface area contributed by atoms with Crippen molar-refractivity contribution in [1.82, 2.24) is 0 Å². The number of ether oxygens (including phenoxy) is 4. The highest BCUT2D eigenvalue weighted by Gasteiger charge is 2.28. The molecule has 0 aliphatic carbocycles. The number of fused-ring (bicyclic) bond motifs is 1. The Kier molecular flexibility index (Phi) is 8.23. The summed E-state index contributed by atoms with van der Waals surface area (Å²) in [6, 6.07) is 30.2. The van der Waals surface area contributed by atoms with Crippen LogP contribution < -0.4 is 18.9 Å². The average molecular weight is 553 g/mol. The lowest BCUT2D eigenvalue weighted by Gasteiger charge is -2.22. The Morgan fingerprint density at radius 1 is 0.675 bits per heavy atom. The Morgan fingerprint density at radius 2 is 1.25 bits per heavy atom. The maximum absolute atomic E-state index is 12.7. The summed E-state index contributed by atoms with van der Waals surface area (Å²) in [5.74, 6) is 1.83. The van der Waals surface area contributed by atoms with Gasteiger partial charge in [0.1, 0.15) is 18.1 Å². The van der Waals surface area contributed by atoms with Crippen LogP contribution in [0.3, 0.4) is 0 Å². The molecule has 0 unspecified atom stereocenters. The van der Waals surface area contributed by atoms with E-state index in [0.29, 0.717) is 33.0 Å². The summed E-state index contributed by atoms with van der Waals surface area (Å²) in [4.78, 5) is 12.7. The second kappa shape index (κ2) is 12.1. The molecule has 0 saturated carbocycles. The lowest BCUT2D eigenvalue weighted by atomic mass is 10.1. The Balaban J connectivity index is 1.76. The summed E-state index contributed by atoms with van der Waals surface area (Å²) in [7, 11) is 0. The van der Waals surface area contributed by atoms with Crippen LogP contribution in [0, 0.1) is 13.8 Å². The number of carbonyl (C=O) groups is 1. The molecule has 0 amide bonds. The van der Waals surface area contributed by atoms with E-state index in [4.69, 9.17) is 30.5 Å². The van der Waals surface area contributed by atoms with E-state index in [2.05, 4.69) is 32.0 Å². The number of para-hydroxylation sites is 2. The Hall–Kier alpha value is -4.48. The van der Waals surface area contributed by atoms with E-state index >= 15 is 0 Å². The SMILES string of the molecule is CCC(=O)Oc1c(Oc2ccccc2)c(Oc2ccccc2)c(OCc2cc(C)cc(C)c2)c2ccc(Cl)cc12. The first-order chi connectivity index (χ1) is 19.4. The third-order valence-corrected chi connectivity index (χ3v) is 6.42. The summed E-state index contributed by atoms with van der Waals surface area (Å²) in [5.41, 5.74) is 3.30. The van der Waals surface area contributed by atoms with E-state index in [9.17, 15) is 4.79 Å². The van der Waals surface area contributed by atoms with Gasteiger partial charge in [-0.05, 0) is 61.9 Å². The zero-order chi connectivity index (χ0) is 28.1. The van der Waals surface area contributed by atoms with Gasteiger partial charge >= 0.3 is 5.97 Å². The van der Waals surface area contributed by atoms with Crippen LogP contribution in [-0.4, -0.2) is 5.97 Å². The maximum Gasteiger partial charge on any atom is 0.311 e. The lowest BCUT2D eigenvalue weighted by molar-refractivity contribution is -0.134. The van der Waals surface area contributed by atoms with Crippen LogP contribution in [-0.2, 0) is 11.4 Å². The highest BCUT2D eigenvalue weighted by atomic mass is 35.5. The van der Waals surface area contributed by atoms with E-state index in [-0.39, 0.29) is 30.3 Å². The quantitative estimate of drug-likeness (QED) is 0.134. The van der Waals surface area contributed by atoms with Gasteiger partial charge in [-0.25, -0.2) is 0 Å². The molecular weight excluding hydrogens is 524 g/mol. The van der Waals surface area contributed by atoms with Crippen LogP contribution >= 0.6 is 11.6 Å². The van der Waals surface area contributed by atoms with Crippen molar-refractivity contribution in [1.29, 1.82) is 0 Å². The van der Waals surface area contributed by atoms with Crippen LogP contribution in [0.4, 0.5) is 0 Å². The van der Waals surface area contributed by atoms with Gasteiger partial charge in [0.2, 0.25) is 11.5 Å². The number of halogens is 1. The third-order valence-electron chi connectivity index (χ3n) is 6.19. The molecule has 0 radical (unpaired) electrons. The molecule has 0 aliphatic heterocycles. The number of rotatable bonds is 9. The molecule has 0 atom stereocenters. The number of hydrogen-bond acceptors (Lipinski definition) is 5. The van der Waals surface area contributed by atoms with Gasteiger partial charge in [0, 0.05) is 22.2 Å². The largest absolute Gasteiger partial charge is 0.484 e. The van der Waals surface area contributed by atoms with Crippen molar-refractivity contribution in [3.8, 4) is 34.5 Å². The zero-order valence-corrected chi connectivity index (χ0v) is 23.3. The Bertz CT molecular complexity index is 1630. The molecule has 5 aromatic rings. The highest BCUT2D eigenvalue weighted by Crippen LogP contribution is 2.54. The molecule has 5 aromatic carbocycles. The van der Waals surface area contributed by atoms with Crippen molar-refractivity contribution in [2.45, 2.75) is 33.8 Å². The fourth-order valence-electron chi connectivity index (χ4n) is 4.49. The summed E-state index contributed by atoms with van der Waals surface area (Å²) in [5, 5.41) is 1.71. The second-order valence-electron chi connectivity index (χ2n) is 9.45. The number of carbonyl (C=O) groups excluding carboxylic acids is 1. The fourth-order valence-corrected chi connectivity index (χ4v) is 4.66. The van der Waals surface area contributed by atoms with Crippen molar-refractivity contribution in [3.63, 3.8) is 0 Å². The minimum absolute atomic E-state index is 0.173. The second-order valence-corrected chi connectivity index (χ2v) is 9.89. The number of aryl methyl sites for hydroxylation is 2. The summed E-state index contributed by atoms with van der Waals surface area (Å²) in [6.07, 6.45) is 0.173. The molecule has 0 aromatic heterocycles. The summed E-state index contributed by atoms with van der Waals surface area (Å²) >= 11 is 6.45. The lowest BCUT2D eigenvalue weighted by Crippen LogP contribution is -2.09. The predicted octanol–water partition coefficient (Wildman–Crippen LogP) is 9.59. The molecule has 6 heteroatoms. The topological polar surface area (TPSA) is 54.0 Å². The monoisotopic (exact) mass is 552 g/mol. The number of hydrogen-bond donors (Lipinski definition) is 0. The van der Waals surface area contributed by atoms with Crippen molar-refractivity contribution < 1.29 is 23.7 Å². The molecule has 5 rings (SSSR count). The van der Waals surface area contributed by atoms with Crippen molar-refractivity contribution in [2.75, 3.05) is 0 Å². The van der Waals surface area contributed by atoms with Gasteiger partial charge in [-0.2, -0.15) is 0 Å². The normalized spacial score (nSPS) is 10.8. The number of esters is 1. The van der Waals surface area contributed by atoms with Crippen LogP contribution in [0.1, 0.15) is 30.0 Å². The van der Waals surface area contributed by atoms with E-state index in [1.807, 2.05) is 66.7 Å². The van der Waals surface area contributed by atoms with E-state index in [1.165, 1.54) is 0 Å². The first kappa shape index (κ1) is 27.1. The van der Waals surface area contributed by atoms with Gasteiger partial charge < -0.3 is 18.9 Å². The number of benzene rings is 5. The first-order valence-corrected chi connectivity index (χ1v) is 13.4. The average Bonchev–Trinajstić information content (AvgIpc) is 2.95. The van der Waals surface area contributed by atoms with Crippen molar-refractivity contribution in [2.24, 2.45) is 0 Å². The van der Waals surface area contributed by atoms with Crippen LogP contribution in [0.2, 0.25) is 5.02 Å². The van der Waals surface area contributed by atoms with Crippen LogP contribution in [0.25, 0.3) is 10.8 Å². The van der Waals surface area contributed by atoms with E-state index in [1.54, 1.807) is 19.1 Å². The minimum Gasteiger partial charge on any atom is -0.484 e. The van der Waals surface area contributed by atoms with Gasteiger partial charge in [0.05, 0.1) is 0 Å². The standard InChI is InChI=1S/C34H29ClO5/c1-4-30(36)40-32-29-20-25(35)15-16-28(29)31(37-21-24-18-22(2)17-23(3)19-24)33(38-26-11-7-5-8-12-26)34(32)39-27-13-9-6-10-14-27/h5-20H,4,21H2,1-3H3. The van der Waals surface area contributed by atoms with Gasteiger partial charge in [-0.3, -0.25) is 4.79 Å². The zero-order valence-electron chi connectivity index (χ0n) is 22.6. The van der Waals surface area contributed by atoms with Gasteiger partial charge in [0.25, 0.3) is 0 Å². The Morgan fingerprint density at radius 3 is 1.82 bits per heavy atom. The molecule has 0 aliphatic rings. The molecule has 0 spiro atoms. The smallest absolute Gasteiger partial charge is 0.311 e. The maximum atomic E-state index is 12.7. The fraction of sp³-hybridized carbons (Fsp3) is 0.147. The first-order valence-electron chi connectivity index (χ1n) is 13.1. The molecule has 0 fully saturated rings. The van der Waals surface area contributed by atoms with Gasteiger partial charge in [-0.15, -0.1) is 0 Å².